The first kappa shape index (κ1) is 26.7. The predicted molar refractivity (Wildman–Crippen MR) is 156 cm³/mol. The average Bonchev–Trinajstić information content (AvgIpc) is 3.40. The molecule has 3 aromatic carbocycles. The van der Waals surface area contributed by atoms with Crippen molar-refractivity contribution in [1.29, 1.82) is 0 Å². The van der Waals surface area contributed by atoms with Gasteiger partial charge in [-0.05, 0) is 60.4 Å². The number of aromatic nitrogens is 1. The second kappa shape index (κ2) is 10.5. The van der Waals surface area contributed by atoms with Gasteiger partial charge in [0.1, 0.15) is 12.3 Å². The average molecular weight is 554 g/mol. The number of hydrogen-bond acceptors (Lipinski definition) is 5. The van der Waals surface area contributed by atoms with Gasteiger partial charge in [-0.3, -0.25) is 9.59 Å². The van der Waals surface area contributed by atoms with E-state index in [1.165, 1.54) is 0 Å². The molecule has 0 spiro atoms. The van der Waals surface area contributed by atoms with E-state index in [2.05, 4.69) is 18.0 Å². The lowest BCUT2D eigenvalue weighted by atomic mass is 9.76. The predicted octanol–water partition coefficient (Wildman–Crippen LogP) is 5.21. The molecule has 2 amide bonds. The summed E-state index contributed by atoms with van der Waals surface area (Å²) in [6, 6.07) is 21.7. The number of piperazine rings is 1. The molecule has 2 aliphatic rings. The minimum atomic E-state index is -1.17. The molecule has 1 aromatic heterocycles. The van der Waals surface area contributed by atoms with Crippen LogP contribution < -0.4 is 14.2 Å². The van der Waals surface area contributed by atoms with Crippen LogP contribution in [0.5, 0.6) is 17.2 Å². The maximum absolute atomic E-state index is 14.3. The third kappa shape index (κ3) is 4.38. The van der Waals surface area contributed by atoms with Crippen LogP contribution >= 0.6 is 0 Å². The van der Waals surface area contributed by atoms with Crippen molar-refractivity contribution in [2.75, 3.05) is 33.9 Å². The Labute approximate surface area is 239 Å². The SMILES string of the molecule is CCCOc1ccc(C2CN3C(=O)CN(Cc4ccc(OC)cc4)C(=O)[C@]3(C)c3[nH]c4ccccc4c32)cc1OC. The van der Waals surface area contributed by atoms with Crippen LogP contribution in [-0.2, 0) is 21.7 Å². The van der Waals surface area contributed by atoms with E-state index in [0.717, 1.165) is 45.5 Å². The van der Waals surface area contributed by atoms with Gasteiger partial charge in [0.25, 0.3) is 5.91 Å². The highest BCUT2D eigenvalue weighted by molar-refractivity contribution is 6.01. The van der Waals surface area contributed by atoms with Crippen LogP contribution in [0.25, 0.3) is 10.9 Å². The molecule has 1 fully saturated rings. The van der Waals surface area contributed by atoms with Crippen molar-refractivity contribution in [2.24, 2.45) is 0 Å². The Morgan fingerprint density at radius 2 is 1.76 bits per heavy atom. The van der Waals surface area contributed by atoms with Crippen LogP contribution in [0, 0.1) is 0 Å². The second-order valence-electron chi connectivity index (χ2n) is 10.9. The van der Waals surface area contributed by atoms with E-state index in [-0.39, 0.29) is 24.3 Å². The summed E-state index contributed by atoms with van der Waals surface area (Å²) < 4.78 is 16.9. The highest BCUT2D eigenvalue weighted by Gasteiger charge is 2.56. The fourth-order valence-electron chi connectivity index (χ4n) is 6.29. The van der Waals surface area contributed by atoms with Gasteiger partial charge in [-0.1, -0.05) is 43.3 Å². The molecule has 8 nitrogen and oxygen atoms in total. The second-order valence-corrected chi connectivity index (χ2v) is 10.9. The number of H-pyrrole nitrogens is 1. The van der Waals surface area contributed by atoms with E-state index in [1.807, 2.05) is 67.6 Å². The van der Waals surface area contributed by atoms with Crippen molar-refractivity contribution in [3.8, 4) is 17.2 Å². The Morgan fingerprint density at radius 3 is 2.49 bits per heavy atom. The fourth-order valence-corrected chi connectivity index (χ4v) is 6.29. The molecule has 1 saturated heterocycles. The Morgan fingerprint density at radius 1 is 0.976 bits per heavy atom. The topological polar surface area (TPSA) is 84.1 Å². The molecule has 8 heteroatoms. The van der Waals surface area contributed by atoms with Crippen molar-refractivity contribution in [1.82, 2.24) is 14.8 Å². The van der Waals surface area contributed by atoms with Gasteiger partial charge in [0.15, 0.2) is 17.0 Å². The summed E-state index contributed by atoms with van der Waals surface area (Å²) in [4.78, 5) is 35.2. The van der Waals surface area contributed by atoms with Gasteiger partial charge < -0.3 is 29.0 Å². The summed E-state index contributed by atoms with van der Waals surface area (Å²) in [5.74, 6) is 1.75. The molecule has 41 heavy (non-hydrogen) atoms. The molecular formula is C33H35N3O5. The summed E-state index contributed by atoms with van der Waals surface area (Å²) >= 11 is 0. The van der Waals surface area contributed by atoms with E-state index in [4.69, 9.17) is 14.2 Å². The van der Waals surface area contributed by atoms with Crippen molar-refractivity contribution in [2.45, 2.75) is 38.3 Å². The summed E-state index contributed by atoms with van der Waals surface area (Å²) in [6.45, 7) is 5.28. The Bertz CT molecular complexity index is 1610. The highest BCUT2D eigenvalue weighted by Crippen LogP contribution is 2.49. The summed E-state index contributed by atoms with van der Waals surface area (Å²) in [7, 11) is 3.26. The number of methoxy groups -OCH3 is 2. The molecule has 2 atom stereocenters. The number of carbonyl (C=O) groups is 2. The van der Waals surface area contributed by atoms with E-state index in [1.54, 1.807) is 24.0 Å². The number of aromatic amines is 1. The van der Waals surface area contributed by atoms with E-state index >= 15 is 0 Å². The first-order chi connectivity index (χ1) is 19.9. The zero-order chi connectivity index (χ0) is 28.7. The van der Waals surface area contributed by atoms with E-state index in [9.17, 15) is 9.59 Å². The third-order valence-corrected chi connectivity index (χ3v) is 8.40. The molecule has 1 N–H and O–H groups in total. The first-order valence-corrected chi connectivity index (χ1v) is 14.0. The Hall–Kier alpha value is -4.46. The lowest BCUT2D eigenvalue weighted by Crippen LogP contribution is -2.67. The number of rotatable bonds is 8. The number of benzene rings is 3. The summed E-state index contributed by atoms with van der Waals surface area (Å²) in [6.07, 6.45) is 0.894. The maximum Gasteiger partial charge on any atom is 0.255 e. The number of para-hydroxylation sites is 1. The normalized spacial score (nSPS) is 20.1. The molecule has 0 saturated carbocycles. The van der Waals surface area contributed by atoms with E-state index in [0.29, 0.717) is 31.2 Å². The number of carbonyl (C=O) groups excluding carboxylic acids is 2. The van der Waals surface area contributed by atoms with Gasteiger partial charge in [0.2, 0.25) is 5.91 Å². The quantitative estimate of drug-likeness (QED) is 0.324. The zero-order valence-corrected chi connectivity index (χ0v) is 23.9. The van der Waals surface area contributed by atoms with Crippen LogP contribution in [0.15, 0.2) is 66.7 Å². The largest absolute Gasteiger partial charge is 0.497 e. The van der Waals surface area contributed by atoms with Gasteiger partial charge >= 0.3 is 0 Å². The molecule has 1 unspecified atom stereocenters. The standard InChI is InChI=1S/C33H35N3O5/c1-5-16-41-27-15-12-22(17-28(27)40-4)25-19-36-29(37)20-35(18-21-10-13-23(39-3)14-11-21)32(38)33(36,2)31-30(25)24-8-6-7-9-26(24)34-31/h6-15,17,25,34H,5,16,18-20H2,1-4H3/t25?,33-/m0/s1. The first-order valence-electron chi connectivity index (χ1n) is 14.0. The molecule has 0 aliphatic carbocycles. The summed E-state index contributed by atoms with van der Waals surface area (Å²) in [5.41, 5.74) is 3.51. The highest BCUT2D eigenvalue weighted by atomic mass is 16.5. The van der Waals surface area contributed by atoms with Gasteiger partial charge in [0, 0.05) is 29.9 Å². The maximum atomic E-state index is 14.3. The van der Waals surface area contributed by atoms with Gasteiger partial charge in [-0.25, -0.2) is 0 Å². The lowest BCUT2D eigenvalue weighted by molar-refractivity contribution is -0.166. The van der Waals surface area contributed by atoms with Gasteiger partial charge in [-0.15, -0.1) is 0 Å². The van der Waals surface area contributed by atoms with Crippen molar-refractivity contribution >= 4 is 22.7 Å². The van der Waals surface area contributed by atoms with Crippen LogP contribution in [-0.4, -0.2) is 60.5 Å². The molecule has 6 rings (SSSR count). The molecule has 0 bridgehead atoms. The lowest BCUT2D eigenvalue weighted by Gasteiger charge is -2.51. The number of amides is 2. The number of hydrogen-bond donors (Lipinski definition) is 1. The van der Waals surface area contributed by atoms with Gasteiger partial charge in [-0.2, -0.15) is 0 Å². The number of nitrogens with one attached hydrogen (secondary N) is 1. The minimum absolute atomic E-state index is 0.0237. The van der Waals surface area contributed by atoms with Crippen LogP contribution in [0.4, 0.5) is 0 Å². The van der Waals surface area contributed by atoms with Crippen molar-refractivity contribution in [3.05, 3.63) is 89.1 Å². The molecule has 4 aromatic rings. The molecular weight excluding hydrogens is 518 g/mol. The fraction of sp³-hybridized carbons (Fsp3) is 0.333. The van der Waals surface area contributed by atoms with Crippen LogP contribution in [0.2, 0.25) is 0 Å². The molecule has 2 aliphatic heterocycles. The molecule has 212 valence electrons. The van der Waals surface area contributed by atoms with E-state index < -0.39 is 5.54 Å². The number of ether oxygens (including phenoxy) is 3. The van der Waals surface area contributed by atoms with Gasteiger partial charge in [0.05, 0.1) is 26.5 Å². The summed E-state index contributed by atoms with van der Waals surface area (Å²) in [5, 5.41) is 1.05. The third-order valence-electron chi connectivity index (χ3n) is 8.40. The zero-order valence-electron chi connectivity index (χ0n) is 23.9. The molecule has 0 radical (unpaired) electrons. The number of fused-ring (bicyclic) bond motifs is 5. The van der Waals surface area contributed by atoms with Crippen molar-refractivity contribution < 1.29 is 23.8 Å². The smallest absolute Gasteiger partial charge is 0.255 e. The van der Waals surface area contributed by atoms with Crippen LogP contribution in [0.1, 0.15) is 48.6 Å². The number of nitrogens with zero attached hydrogens (tertiary/aromatic N) is 2. The minimum Gasteiger partial charge on any atom is -0.497 e. The monoisotopic (exact) mass is 553 g/mol. The van der Waals surface area contributed by atoms with Crippen LogP contribution in [0.3, 0.4) is 0 Å². The Kier molecular flexibility index (Phi) is 6.85. The van der Waals surface area contributed by atoms with Crippen molar-refractivity contribution in [3.63, 3.8) is 0 Å². The Balaban J connectivity index is 1.44. The molecule has 3 heterocycles.